The maximum absolute atomic E-state index is 13.3. The average Bonchev–Trinajstić information content (AvgIpc) is 3.13. The number of ether oxygens (including phenoxy) is 2. The van der Waals surface area contributed by atoms with E-state index in [9.17, 15) is 9.59 Å². The van der Waals surface area contributed by atoms with Crippen molar-refractivity contribution >= 4 is 52.1 Å². The molecule has 2 amide bonds. The number of amides is 2. The molecule has 2 aromatic carbocycles. The van der Waals surface area contributed by atoms with Gasteiger partial charge in [-0.25, -0.2) is 4.99 Å². The summed E-state index contributed by atoms with van der Waals surface area (Å²) in [4.78, 5) is 33.7. The van der Waals surface area contributed by atoms with E-state index < -0.39 is 5.91 Å². The van der Waals surface area contributed by atoms with Gasteiger partial charge in [0.1, 0.15) is 5.75 Å². The van der Waals surface area contributed by atoms with Crippen LogP contribution in [0.15, 0.2) is 58.4 Å². The lowest BCUT2D eigenvalue weighted by molar-refractivity contribution is -0.122. The minimum Gasteiger partial charge on any atom is -0.482 e. The zero-order chi connectivity index (χ0) is 24.6. The van der Waals surface area contributed by atoms with E-state index in [1.165, 1.54) is 11.8 Å². The lowest BCUT2D eigenvalue weighted by Gasteiger charge is -2.27. The van der Waals surface area contributed by atoms with Crippen molar-refractivity contribution in [2.24, 2.45) is 10.7 Å². The van der Waals surface area contributed by atoms with Crippen LogP contribution in [0.5, 0.6) is 5.75 Å². The third-order valence-electron chi connectivity index (χ3n) is 5.45. The van der Waals surface area contributed by atoms with Gasteiger partial charge in [0, 0.05) is 26.2 Å². The Morgan fingerprint density at radius 1 is 1.17 bits per heavy atom. The number of hydrogen-bond donors (Lipinski definition) is 1. The first-order valence-electron chi connectivity index (χ1n) is 11.4. The fraction of sp³-hybridized carbons (Fsp3) is 0.320. The molecule has 0 radical (unpaired) electrons. The summed E-state index contributed by atoms with van der Waals surface area (Å²) in [5.74, 6) is -0.315. The highest BCUT2D eigenvalue weighted by molar-refractivity contribution is 8.18. The van der Waals surface area contributed by atoms with Gasteiger partial charge in [-0.15, -0.1) is 0 Å². The second-order valence-electron chi connectivity index (χ2n) is 8.05. The maximum atomic E-state index is 13.3. The third-order valence-corrected chi connectivity index (χ3v) is 6.75. The third kappa shape index (κ3) is 7.08. The molecule has 4 rings (SSSR count). The number of amidine groups is 1. The quantitative estimate of drug-likeness (QED) is 0.514. The Morgan fingerprint density at radius 2 is 1.94 bits per heavy atom. The number of primary amides is 1. The lowest BCUT2D eigenvalue weighted by atomic mass is 10.2. The van der Waals surface area contributed by atoms with Gasteiger partial charge in [-0.3, -0.25) is 19.4 Å². The first-order valence-corrected chi connectivity index (χ1v) is 12.5. The molecule has 0 unspecified atom stereocenters. The van der Waals surface area contributed by atoms with Crippen molar-refractivity contribution in [3.63, 3.8) is 0 Å². The second kappa shape index (κ2) is 12.2. The van der Waals surface area contributed by atoms with Crippen molar-refractivity contribution in [3.05, 3.63) is 64.0 Å². The molecule has 2 aliphatic heterocycles. The SMILES string of the molecule is NC(=O)COc1ccc(C=C2SC(=Nc3ccccc3)N(CCCN3CCOCC3)C2=O)cc1Cl. The highest BCUT2D eigenvalue weighted by Crippen LogP contribution is 2.35. The number of morpholine rings is 1. The molecule has 35 heavy (non-hydrogen) atoms. The van der Waals surface area contributed by atoms with Crippen LogP contribution in [0.4, 0.5) is 5.69 Å². The number of carbonyl (C=O) groups excluding carboxylic acids is 2. The largest absolute Gasteiger partial charge is 0.482 e. The van der Waals surface area contributed by atoms with E-state index in [0.717, 1.165) is 50.5 Å². The number of halogens is 1. The number of hydrogen-bond acceptors (Lipinski definition) is 7. The Morgan fingerprint density at radius 3 is 2.66 bits per heavy atom. The summed E-state index contributed by atoms with van der Waals surface area (Å²) in [6, 6.07) is 14.7. The van der Waals surface area contributed by atoms with Crippen LogP contribution >= 0.6 is 23.4 Å². The van der Waals surface area contributed by atoms with Crippen LogP contribution in [-0.2, 0) is 14.3 Å². The van der Waals surface area contributed by atoms with Crippen LogP contribution < -0.4 is 10.5 Å². The number of nitrogens with zero attached hydrogens (tertiary/aromatic N) is 3. The van der Waals surface area contributed by atoms with E-state index in [1.54, 1.807) is 29.2 Å². The number of para-hydroxylation sites is 1. The molecule has 2 saturated heterocycles. The van der Waals surface area contributed by atoms with Gasteiger partial charge in [-0.05, 0) is 54.1 Å². The molecular weight excluding hydrogens is 488 g/mol. The topological polar surface area (TPSA) is 97.5 Å². The number of aliphatic imine (C=N–C) groups is 1. The first kappa shape index (κ1) is 25.2. The summed E-state index contributed by atoms with van der Waals surface area (Å²) >= 11 is 7.64. The van der Waals surface area contributed by atoms with Crippen molar-refractivity contribution in [3.8, 4) is 5.75 Å². The second-order valence-corrected chi connectivity index (χ2v) is 9.47. The summed E-state index contributed by atoms with van der Waals surface area (Å²) in [5, 5.41) is 0.985. The number of nitrogens with two attached hydrogens (primary N) is 1. The van der Waals surface area contributed by atoms with Crippen LogP contribution in [0.25, 0.3) is 6.08 Å². The summed E-state index contributed by atoms with van der Waals surface area (Å²) in [5.41, 5.74) is 6.66. The molecule has 0 bridgehead atoms. The molecule has 10 heteroatoms. The van der Waals surface area contributed by atoms with E-state index in [4.69, 9.17) is 31.8 Å². The Balaban J connectivity index is 1.51. The molecule has 2 heterocycles. The molecule has 0 spiro atoms. The normalized spacial score (nSPS) is 19.0. The summed E-state index contributed by atoms with van der Waals surface area (Å²) in [6.07, 6.45) is 2.63. The Labute approximate surface area is 213 Å². The van der Waals surface area contributed by atoms with Crippen LogP contribution in [0.3, 0.4) is 0 Å². The van der Waals surface area contributed by atoms with Gasteiger partial charge in [-0.1, -0.05) is 35.9 Å². The van der Waals surface area contributed by atoms with Crippen molar-refractivity contribution in [1.82, 2.24) is 9.80 Å². The number of benzene rings is 2. The molecular formula is C25H27ClN4O4S. The minimum absolute atomic E-state index is 0.0863. The van der Waals surface area contributed by atoms with E-state index in [2.05, 4.69) is 4.90 Å². The maximum Gasteiger partial charge on any atom is 0.266 e. The predicted octanol–water partition coefficient (Wildman–Crippen LogP) is 3.53. The molecule has 8 nitrogen and oxygen atoms in total. The monoisotopic (exact) mass is 514 g/mol. The van der Waals surface area contributed by atoms with Crippen LogP contribution in [0, 0.1) is 0 Å². The van der Waals surface area contributed by atoms with Gasteiger partial charge in [0.05, 0.1) is 28.8 Å². The van der Waals surface area contributed by atoms with Gasteiger partial charge in [-0.2, -0.15) is 0 Å². The van der Waals surface area contributed by atoms with Gasteiger partial charge >= 0.3 is 0 Å². The molecule has 2 aliphatic rings. The standard InChI is InChI=1S/C25H27ClN4O4S/c26-20-15-18(7-8-21(20)34-17-23(27)31)16-22-24(32)30(10-4-9-29-11-13-33-14-12-29)25(35-22)28-19-5-2-1-3-6-19/h1-3,5-8,15-16H,4,9-14,17H2,(H2,27,31). The first-order chi connectivity index (χ1) is 17.0. The van der Waals surface area contributed by atoms with E-state index >= 15 is 0 Å². The van der Waals surface area contributed by atoms with Gasteiger partial charge in [0.25, 0.3) is 11.8 Å². The molecule has 2 N–H and O–H groups in total. The molecule has 2 fully saturated rings. The molecule has 184 valence electrons. The zero-order valence-corrected chi connectivity index (χ0v) is 20.8. The fourth-order valence-corrected chi connectivity index (χ4v) is 4.97. The highest BCUT2D eigenvalue weighted by Gasteiger charge is 2.33. The average molecular weight is 515 g/mol. The van der Waals surface area contributed by atoms with Crippen molar-refractivity contribution < 1.29 is 19.1 Å². The molecule has 0 saturated carbocycles. The fourth-order valence-electron chi connectivity index (χ4n) is 3.70. The number of thioether (sulfide) groups is 1. The summed E-state index contributed by atoms with van der Waals surface area (Å²) < 4.78 is 10.7. The Hall–Kier alpha value is -2.85. The Kier molecular flexibility index (Phi) is 8.81. The summed E-state index contributed by atoms with van der Waals surface area (Å²) in [6.45, 7) is 4.55. The molecule has 2 aromatic rings. The molecule has 0 aliphatic carbocycles. The highest BCUT2D eigenvalue weighted by atomic mass is 35.5. The lowest BCUT2D eigenvalue weighted by Crippen LogP contribution is -2.38. The van der Waals surface area contributed by atoms with Gasteiger partial charge in [0.15, 0.2) is 11.8 Å². The van der Waals surface area contributed by atoms with Gasteiger partial charge < -0.3 is 15.2 Å². The minimum atomic E-state index is -0.584. The zero-order valence-electron chi connectivity index (χ0n) is 19.2. The van der Waals surface area contributed by atoms with Crippen molar-refractivity contribution in [2.45, 2.75) is 6.42 Å². The van der Waals surface area contributed by atoms with Gasteiger partial charge in [0.2, 0.25) is 0 Å². The van der Waals surface area contributed by atoms with E-state index in [0.29, 0.717) is 27.4 Å². The van der Waals surface area contributed by atoms with Crippen molar-refractivity contribution in [1.29, 1.82) is 0 Å². The van der Waals surface area contributed by atoms with Crippen LogP contribution in [0.1, 0.15) is 12.0 Å². The summed E-state index contributed by atoms with van der Waals surface area (Å²) in [7, 11) is 0. The van der Waals surface area contributed by atoms with Crippen molar-refractivity contribution in [2.75, 3.05) is 46.0 Å². The number of rotatable bonds is 9. The van der Waals surface area contributed by atoms with Crippen LogP contribution in [-0.4, -0.2) is 72.8 Å². The molecule has 0 atom stereocenters. The predicted molar refractivity (Wildman–Crippen MR) is 139 cm³/mol. The van der Waals surface area contributed by atoms with Crippen LogP contribution in [0.2, 0.25) is 5.02 Å². The van der Waals surface area contributed by atoms with E-state index in [-0.39, 0.29) is 12.5 Å². The van der Waals surface area contributed by atoms with E-state index in [1.807, 2.05) is 30.3 Å². The Bertz CT molecular complexity index is 1120. The number of carbonyl (C=O) groups is 2. The molecule has 0 aromatic heterocycles. The smallest absolute Gasteiger partial charge is 0.266 e.